The second-order valence-corrected chi connectivity index (χ2v) is 3.63. The van der Waals surface area contributed by atoms with Crippen LogP contribution >= 0.6 is 23.2 Å². The maximum Gasteiger partial charge on any atom is 0.251 e. The van der Waals surface area contributed by atoms with Gasteiger partial charge in [-0.05, 0) is 18.2 Å². The van der Waals surface area contributed by atoms with Crippen molar-refractivity contribution in [3.63, 3.8) is 0 Å². The summed E-state index contributed by atoms with van der Waals surface area (Å²) in [4.78, 5) is 22.4. The maximum absolute atomic E-state index is 11.3. The van der Waals surface area contributed by atoms with Crippen molar-refractivity contribution >= 4 is 40.7 Å². The zero-order valence-electron chi connectivity index (χ0n) is 8.51. The lowest BCUT2D eigenvalue weighted by Crippen LogP contribution is -2.18. The Morgan fingerprint density at radius 2 is 2.06 bits per heavy atom. The molecule has 4 nitrogen and oxygen atoms in total. The van der Waals surface area contributed by atoms with Crippen molar-refractivity contribution in [2.75, 3.05) is 18.2 Å². The van der Waals surface area contributed by atoms with E-state index in [0.29, 0.717) is 16.3 Å². The average molecular weight is 261 g/mol. The molecular weight excluding hydrogens is 251 g/mol. The third-order valence-electron chi connectivity index (χ3n) is 1.85. The lowest BCUT2D eigenvalue weighted by atomic mass is 10.2. The summed E-state index contributed by atoms with van der Waals surface area (Å²) in [6.45, 7) is 0. The fourth-order valence-electron chi connectivity index (χ4n) is 1.09. The molecule has 0 bridgehead atoms. The van der Waals surface area contributed by atoms with Gasteiger partial charge < -0.3 is 10.6 Å². The highest BCUT2D eigenvalue weighted by Crippen LogP contribution is 2.23. The first kappa shape index (κ1) is 12.8. The van der Waals surface area contributed by atoms with Crippen molar-refractivity contribution in [1.82, 2.24) is 5.32 Å². The number of hydrogen-bond acceptors (Lipinski definition) is 2. The number of alkyl halides is 1. The van der Waals surface area contributed by atoms with Crippen molar-refractivity contribution in [2.45, 2.75) is 0 Å². The number of benzene rings is 1. The Morgan fingerprint density at radius 3 is 2.62 bits per heavy atom. The van der Waals surface area contributed by atoms with Gasteiger partial charge in [0.2, 0.25) is 5.91 Å². The number of nitrogens with one attached hydrogen (secondary N) is 2. The van der Waals surface area contributed by atoms with Gasteiger partial charge in [-0.2, -0.15) is 0 Å². The maximum atomic E-state index is 11.3. The molecule has 2 amide bonds. The third kappa shape index (κ3) is 3.12. The Kier molecular flexibility index (Phi) is 4.58. The fraction of sp³-hybridized carbons (Fsp3) is 0.200. The summed E-state index contributed by atoms with van der Waals surface area (Å²) in [6.07, 6.45) is 0. The summed E-state index contributed by atoms with van der Waals surface area (Å²) in [5.74, 6) is -0.795. The summed E-state index contributed by atoms with van der Waals surface area (Å²) in [5.41, 5.74) is 0.783. The molecule has 0 aliphatic carbocycles. The number of carbonyl (C=O) groups is 2. The molecular formula is C10H10Cl2N2O2. The molecule has 0 aromatic heterocycles. The molecule has 86 valence electrons. The first-order valence-electron chi connectivity index (χ1n) is 4.46. The Balaban J connectivity index is 2.99. The molecule has 2 N–H and O–H groups in total. The van der Waals surface area contributed by atoms with Crippen LogP contribution in [0.4, 0.5) is 5.69 Å². The zero-order chi connectivity index (χ0) is 12.1. The molecule has 0 heterocycles. The molecule has 16 heavy (non-hydrogen) atoms. The minimum absolute atomic E-state index is 0.166. The van der Waals surface area contributed by atoms with Crippen LogP contribution < -0.4 is 10.6 Å². The van der Waals surface area contributed by atoms with Gasteiger partial charge in [-0.1, -0.05) is 11.6 Å². The largest absolute Gasteiger partial charge is 0.355 e. The smallest absolute Gasteiger partial charge is 0.251 e. The summed E-state index contributed by atoms with van der Waals surface area (Å²) < 4.78 is 0. The molecule has 0 saturated carbocycles. The van der Waals surface area contributed by atoms with Crippen LogP contribution in [0.3, 0.4) is 0 Å². The topological polar surface area (TPSA) is 58.2 Å². The van der Waals surface area contributed by atoms with Crippen molar-refractivity contribution < 1.29 is 9.59 Å². The number of hydrogen-bond donors (Lipinski definition) is 2. The Labute approximate surface area is 103 Å². The predicted octanol–water partition coefficient (Wildman–Crippen LogP) is 1.88. The number of amides is 2. The highest BCUT2D eigenvalue weighted by Gasteiger charge is 2.09. The standard InChI is InChI=1S/C10H10Cl2N2O2/c1-13-10(16)6-2-3-7(12)8(4-6)14-9(15)5-11/h2-4H,5H2,1H3,(H,13,16)(H,14,15). The Hall–Kier alpha value is -1.26. The van der Waals surface area contributed by atoms with Crippen LogP contribution in [0.2, 0.25) is 5.02 Å². The molecule has 6 heteroatoms. The second kappa shape index (κ2) is 5.72. The van der Waals surface area contributed by atoms with Gasteiger partial charge >= 0.3 is 0 Å². The summed E-state index contributed by atoms with van der Waals surface area (Å²) in [5, 5.41) is 5.32. The van der Waals surface area contributed by atoms with E-state index in [1.54, 1.807) is 6.07 Å². The SMILES string of the molecule is CNC(=O)c1ccc(Cl)c(NC(=O)CCl)c1. The molecule has 0 saturated heterocycles. The van der Waals surface area contributed by atoms with Gasteiger partial charge in [-0.25, -0.2) is 0 Å². The third-order valence-corrected chi connectivity index (χ3v) is 2.42. The van der Waals surface area contributed by atoms with Gasteiger partial charge in [0.05, 0.1) is 10.7 Å². The predicted molar refractivity (Wildman–Crippen MR) is 64.2 cm³/mol. The normalized spacial score (nSPS) is 9.69. The quantitative estimate of drug-likeness (QED) is 0.816. The number of rotatable bonds is 3. The second-order valence-electron chi connectivity index (χ2n) is 2.96. The number of halogens is 2. The first-order chi connectivity index (χ1) is 7.58. The molecule has 0 unspecified atom stereocenters. The highest BCUT2D eigenvalue weighted by molar-refractivity contribution is 6.35. The fourth-order valence-corrected chi connectivity index (χ4v) is 1.32. The Morgan fingerprint density at radius 1 is 1.38 bits per heavy atom. The number of carbonyl (C=O) groups excluding carboxylic acids is 2. The van der Waals surface area contributed by atoms with E-state index in [1.807, 2.05) is 0 Å². The van der Waals surface area contributed by atoms with E-state index in [0.717, 1.165) is 0 Å². The average Bonchev–Trinajstić information content (AvgIpc) is 2.30. The Bertz CT molecular complexity index is 421. The molecule has 0 fully saturated rings. The van der Waals surface area contributed by atoms with Crippen LogP contribution in [-0.4, -0.2) is 24.7 Å². The van der Waals surface area contributed by atoms with E-state index in [4.69, 9.17) is 23.2 Å². The minimum Gasteiger partial charge on any atom is -0.355 e. The molecule has 0 radical (unpaired) electrons. The summed E-state index contributed by atoms with van der Waals surface area (Å²) >= 11 is 11.2. The molecule has 0 atom stereocenters. The van der Waals surface area contributed by atoms with Crippen LogP contribution in [-0.2, 0) is 4.79 Å². The molecule has 0 spiro atoms. The van der Waals surface area contributed by atoms with Gasteiger partial charge in [0.1, 0.15) is 5.88 Å². The summed E-state index contributed by atoms with van der Waals surface area (Å²) in [7, 11) is 1.52. The minimum atomic E-state index is -0.377. The van der Waals surface area contributed by atoms with Crippen LogP contribution in [0.15, 0.2) is 18.2 Å². The first-order valence-corrected chi connectivity index (χ1v) is 5.37. The lowest BCUT2D eigenvalue weighted by Gasteiger charge is -2.07. The van der Waals surface area contributed by atoms with Gasteiger partial charge in [0.15, 0.2) is 0 Å². The molecule has 1 aromatic rings. The van der Waals surface area contributed by atoms with Crippen LogP contribution in [0.25, 0.3) is 0 Å². The van der Waals surface area contributed by atoms with Crippen molar-refractivity contribution in [3.8, 4) is 0 Å². The van der Waals surface area contributed by atoms with Crippen molar-refractivity contribution in [1.29, 1.82) is 0 Å². The van der Waals surface area contributed by atoms with Gasteiger partial charge in [-0.3, -0.25) is 9.59 Å². The van der Waals surface area contributed by atoms with E-state index in [2.05, 4.69) is 10.6 Å². The van der Waals surface area contributed by atoms with Crippen molar-refractivity contribution in [2.24, 2.45) is 0 Å². The highest BCUT2D eigenvalue weighted by atomic mass is 35.5. The van der Waals surface area contributed by atoms with Crippen molar-refractivity contribution in [3.05, 3.63) is 28.8 Å². The van der Waals surface area contributed by atoms with E-state index in [-0.39, 0.29) is 17.7 Å². The lowest BCUT2D eigenvalue weighted by molar-refractivity contribution is -0.113. The zero-order valence-corrected chi connectivity index (χ0v) is 10.0. The van der Waals surface area contributed by atoms with E-state index >= 15 is 0 Å². The van der Waals surface area contributed by atoms with E-state index < -0.39 is 0 Å². The monoisotopic (exact) mass is 260 g/mol. The number of anilines is 1. The van der Waals surface area contributed by atoms with Gasteiger partial charge in [-0.15, -0.1) is 11.6 Å². The van der Waals surface area contributed by atoms with Crippen LogP contribution in [0.5, 0.6) is 0 Å². The molecule has 0 aliphatic heterocycles. The summed E-state index contributed by atoms with van der Waals surface area (Å²) in [6, 6.07) is 4.60. The van der Waals surface area contributed by atoms with Crippen LogP contribution in [0, 0.1) is 0 Å². The van der Waals surface area contributed by atoms with E-state index in [1.165, 1.54) is 19.2 Å². The van der Waals surface area contributed by atoms with Crippen LogP contribution in [0.1, 0.15) is 10.4 Å². The molecule has 1 rings (SSSR count). The van der Waals surface area contributed by atoms with E-state index in [9.17, 15) is 9.59 Å². The van der Waals surface area contributed by atoms with Gasteiger partial charge in [0, 0.05) is 12.6 Å². The molecule has 1 aromatic carbocycles. The van der Waals surface area contributed by atoms with Gasteiger partial charge in [0.25, 0.3) is 5.91 Å². The molecule has 0 aliphatic rings.